The molecule has 0 heterocycles. The maximum Gasteiger partial charge on any atom is 0.272 e. The summed E-state index contributed by atoms with van der Waals surface area (Å²) in [5.74, 6) is -0.638. The van der Waals surface area contributed by atoms with Crippen molar-refractivity contribution in [3.8, 4) is 0 Å². The fourth-order valence-electron chi connectivity index (χ4n) is 2.04. The summed E-state index contributed by atoms with van der Waals surface area (Å²) in [6.45, 7) is 3.04. The highest BCUT2D eigenvalue weighted by Crippen LogP contribution is 2.18. The summed E-state index contributed by atoms with van der Waals surface area (Å²) in [4.78, 5) is 33.4. The second-order valence-corrected chi connectivity index (χ2v) is 5.26. The molecule has 2 aromatic carbocycles. The first-order valence-corrected chi connectivity index (χ1v) is 7.33. The van der Waals surface area contributed by atoms with Crippen molar-refractivity contribution in [3.63, 3.8) is 0 Å². The monoisotopic (exact) mass is 340 g/mol. The van der Waals surface area contributed by atoms with Crippen molar-refractivity contribution in [1.82, 2.24) is 5.43 Å². The molecule has 2 aromatic rings. The standard InChI is InChI=1S/C17H16N4O4/c1-11-3-4-13(9-16(11)21(24)25)10-18-20-17(23)14-5-7-15(8-6-14)19-12(2)22/h3-10H,1-2H3,(H,19,22)(H,20,23)/b18-10+. The smallest absolute Gasteiger partial charge is 0.272 e. The molecule has 0 saturated carbocycles. The Morgan fingerprint density at radius 3 is 2.44 bits per heavy atom. The molecule has 25 heavy (non-hydrogen) atoms. The number of nitrogens with zero attached hydrogens (tertiary/aromatic N) is 2. The summed E-state index contributed by atoms with van der Waals surface area (Å²) in [6.07, 6.45) is 1.33. The van der Waals surface area contributed by atoms with Gasteiger partial charge >= 0.3 is 0 Å². The lowest BCUT2D eigenvalue weighted by Gasteiger charge is -2.03. The first-order valence-electron chi connectivity index (χ1n) is 7.33. The van der Waals surface area contributed by atoms with E-state index < -0.39 is 10.8 Å². The molecule has 0 bridgehead atoms. The van der Waals surface area contributed by atoms with Gasteiger partial charge in [-0.1, -0.05) is 12.1 Å². The van der Waals surface area contributed by atoms with Gasteiger partial charge in [0.1, 0.15) is 0 Å². The molecular formula is C17H16N4O4. The van der Waals surface area contributed by atoms with Crippen LogP contribution in [0.2, 0.25) is 0 Å². The molecule has 0 radical (unpaired) electrons. The molecule has 8 heteroatoms. The third kappa shape index (κ3) is 4.96. The van der Waals surface area contributed by atoms with Crippen molar-refractivity contribution in [3.05, 3.63) is 69.3 Å². The van der Waals surface area contributed by atoms with E-state index in [-0.39, 0.29) is 11.6 Å². The molecule has 0 fully saturated rings. The van der Waals surface area contributed by atoms with Gasteiger partial charge in [0.05, 0.1) is 11.1 Å². The van der Waals surface area contributed by atoms with E-state index in [9.17, 15) is 19.7 Å². The van der Waals surface area contributed by atoms with Crippen LogP contribution < -0.4 is 10.7 Å². The van der Waals surface area contributed by atoms with Crippen LogP contribution in [0.25, 0.3) is 0 Å². The number of carbonyl (C=O) groups is 2. The van der Waals surface area contributed by atoms with E-state index in [4.69, 9.17) is 0 Å². The van der Waals surface area contributed by atoms with Gasteiger partial charge < -0.3 is 5.32 Å². The molecule has 8 nitrogen and oxygen atoms in total. The minimum Gasteiger partial charge on any atom is -0.326 e. The zero-order valence-electron chi connectivity index (χ0n) is 13.6. The number of benzene rings is 2. The van der Waals surface area contributed by atoms with E-state index in [1.165, 1.54) is 19.2 Å². The first kappa shape index (κ1) is 17.8. The number of hydrazone groups is 1. The van der Waals surface area contributed by atoms with Crippen LogP contribution in [0, 0.1) is 17.0 Å². The Morgan fingerprint density at radius 1 is 1.16 bits per heavy atom. The van der Waals surface area contributed by atoms with Crippen LogP contribution in [0.1, 0.15) is 28.4 Å². The zero-order valence-corrected chi connectivity index (χ0v) is 13.6. The minimum absolute atomic E-state index is 0.0103. The Kier molecular flexibility index (Phi) is 5.57. The van der Waals surface area contributed by atoms with Crippen LogP contribution in [0.15, 0.2) is 47.6 Å². The molecule has 0 aromatic heterocycles. The number of carbonyl (C=O) groups excluding carboxylic acids is 2. The third-order valence-corrected chi connectivity index (χ3v) is 3.28. The van der Waals surface area contributed by atoms with Crippen molar-refractivity contribution < 1.29 is 14.5 Å². The Morgan fingerprint density at radius 2 is 1.84 bits per heavy atom. The molecule has 0 spiro atoms. The zero-order chi connectivity index (χ0) is 18.4. The lowest BCUT2D eigenvalue weighted by atomic mass is 10.1. The van der Waals surface area contributed by atoms with Crippen molar-refractivity contribution in [2.45, 2.75) is 13.8 Å². The van der Waals surface area contributed by atoms with E-state index in [0.29, 0.717) is 22.4 Å². The van der Waals surface area contributed by atoms with Crippen LogP contribution in [0.4, 0.5) is 11.4 Å². The predicted octanol–water partition coefficient (Wildman–Crippen LogP) is 2.63. The molecule has 0 saturated heterocycles. The normalized spacial score (nSPS) is 10.5. The number of hydrogen-bond donors (Lipinski definition) is 2. The molecule has 0 aliphatic rings. The highest BCUT2D eigenvalue weighted by molar-refractivity contribution is 5.96. The number of anilines is 1. The summed E-state index contributed by atoms with van der Waals surface area (Å²) < 4.78 is 0. The van der Waals surface area contributed by atoms with Gasteiger partial charge in [-0.05, 0) is 31.2 Å². The fraction of sp³-hybridized carbons (Fsp3) is 0.118. The van der Waals surface area contributed by atoms with E-state index in [0.717, 1.165) is 0 Å². The van der Waals surface area contributed by atoms with Gasteiger partial charge in [-0.3, -0.25) is 19.7 Å². The molecule has 2 N–H and O–H groups in total. The summed E-state index contributed by atoms with van der Waals surface area (Å²) >= 11 is 0. The van der Waals surface area contributed by atoms with Gasteiger partial charge in [-0.25, -0.2) is 5.43 Å². The van der Waals surface area contributed by atoms with Gasteiger partial charge in [0, 0.05) is 35.4 Å². The quantitative estimate of drug-likeness (QED) is 0.495. The third-order valence-electron chi connectivity index (χ3n) is 3.28. The lowest BCUT2D eigenvalue weighted by molar-refractivity contribution is -0.385. The Balaban J connectivity index is 2.02. The highest BCUT2D eigenvalue weighted by atomic mass is 16.6. The average Bonchev–Trinajstić information content (AvgIpc) is 2.56. The Hall–Kier alpha value is -3.55. The molecule has 0 aliphatic carbocycles. The van der Waals surface area contributed by atoms with Crippen LogP contribution in [0.3, 0.4) is 0 Å². The van der Waals surface area contributed by atoms with Crippen molar-refractivity contribution in [1.29, 1.82) is 0 Å². The maximum absolute atomic E-state index is 12.0. The number of nitro benzene ring substituents is 1. The number of nitro groups is 1. The van der Waals surface area contributed by atoms with Crippen molar-refractivity contribution in [2.24, 2.45) is 5.10 Å². The SMILES string of the molecule is CC(=O)Nc1ccc(C(=O)N/N=C/c2ccc(C)c([N+](=O)[O-])c2)cc1. The maximum atomic E-state index is 12.0. The van der Waals surface area contributed by atoms with Crippen LogP contribution >= 0.6 is 0 Å². The number of aryl methyl sites for hydroxylation is 1. The molecule has 2 amide bonds. The molecule has 2 rings (SSSR count). The number of amides is 2. The topological polar surface area (TPSA) is 114 Å². The second-order valence-electron chi connectivity index (χ2n) is 5.26. The van der Waals surface area contributed by atoms with Gasteiger partial charge in [0.15, 0.2) is 0 Å². The molecule has 0 atom stereocenters. The van der Waals surface area contributed by atoms with Crippen LogP contribution in [0.5, 0.6) is 0 Å². The number of nitrogens with one attached hydrogen (secondary N) is 2. The molecule has 0 unspecified atom stereocenters. The first-order chi connectivity index (χ1) is 11.9. The lowest BCUT2D eigenvalue weighted by Crippen LogP contribution is -2.17. The summed E-state index contributed by atoms with van der Waals surface area (Å²) in [7, 11) is 0. The minimum atomic E-state index is -0.470. The summed E-state index contributed by atoms with van der Waals surface area (Å²) in [6, 6.07) is 11.0. The Bertz CT molecular complexity index is 844. The largest absolute Gasteiger partial charge is 0.326 e. The number of hydrogen-bond acceptors (Lipinski definition) is 5. The predicted molar refractivity (Wildman–Crippen MR) is 93.6 cm³/mol. The van der Waals surface area contributed by atoms with Gasteiger partial charge in [0.25, 0.3) is 11.6 Å². The van der Waals surface area contributed by atoms with Crippen molar-refractivity contribution >= 4 is 29.4 Å². The van der Waals surface area contributed by atoms with Crippen molar-refractivity contribution in [2.75, 3.05) is 5.32 Å². The van der Waals surface area contributed by atoms with Crippen LogP contribution in [-0.4, -0.2) is 23.0 Å². The van der Waals surface area contributed by atoms with E-state index in [2.05, 4.69) is 15.8 Å². The van der Waals surface area contributed by atoms with E-state index in [1.807, 2.05) is 0 Å². The molecule has 0 aliphatic heterocycles. The van der Waals surface area contributed by atoms with E-state index in [1.54, 1.807) is 43.3 Å². The summed E-state index contributed by atoms with van der Waals surface area (Å²) in [5, 5.41) is 17.3. The second kappa shape index (κ2) is 7.82. The Labute approximate surface area is 143 Å². The number of rotatable bonds is 5. The van der Waals surface area contributed by atoms with Gasteiger partial charge in [0.2, 0.25) is 5.91 Å². The summed E-state index contributed by atoms with van der Waals surface area (Å²) in [5.41, 5.74) is 4.32. The average molecular weight is 340 g/mol. The van der Waals surface area contributed by atoms with Gasteiger partial charge in [-0.2, -0.15) is 5.10 Å². The molecular weight excluding hydrogens is 324 g/mol. The molecule has 128 valence electrons. The van der Waals surface area contributed by atoms with Crippen LogP contribution in [-0.2, 0) is 4.79 Å². The fourth-order valence-corrected chi connectivity index (χ4v) is 2.04. The van der Waals surface area contributed by atoms with E-state index >= 15 is 0 Å². The highest BCUT2D eigenvalue weighted by Gasteiger charge is 2.10. The van der Waals surface area contributed by atoms with Gasteiger partial charge in [-0.15, -0.1) is 0 Å².